The molecule has 3 N–H and O–H groups in total. The molecule has 0 amide bonds. The van der Waals surface area contributed by atoms with Crippen molar-refractivity contribution in [2.45, 2.75) is 77.7 Å². The Hall–Kier alpha value is -2.44. The Morgan fingerprint density at radius 3 is 2.61 bits per heavy atom. The first-order valence-corrected chi connectivity index (χ1v) is 12.4. The predicted molar refractivity (Wildman–Crippen MR) is 132 cm³/mol. The molecule has 1 aromatic carbocycles. The van der Waals surface area contributed by atoms with E-state index in [0.29, 0.717) is 5.92 Å². The highest BCUT2D eigenvalue weighted by atomic mass is 16.3. The molecule has 0 radical (unpaired) electrons. The summed E-state index contributed by atoms with van der Waals surface area (Å²) in [5.74, 6) is 6.76. The Balaban J connectivity index is 1.67. The zero-order chi connectivity index (χ0) is 23.6. The predicted octanol–water partition coefficient (Wildman–Crippen LogP) is 6.20. The number of phenols is 2. The van der Waals surface area contributed by atoms with Crippen LogP contribution in [0.2, 0.25) is 0 Å². The molecule has 0 saturated heterocycles. The molecule has 33 heavy (non-hydrogen) atoms. The van der Waals surface area contributed by atoms with Gasteiger partial charge in [0.2, 0.25) is 0 Å². The van der Waals surface area contributed by atoms with Crippen LogP contribution in [0.4, 0.5) is 0 Å². The third-order valence-corrected chi connectivity index (χ3v) is 9.53. The van der Waals surface area contributed by atoms with E-state index >= 15 is 0 Å². The quantitative estimate of drug-likeness (QED) is 0.376. The van der Waals surface area contributed by atoms with Crippen molar-refractivity contribution < 1.29 is 15.3 Å². The lowest BCUT2D eigenvalue weighted by Gasteiger charge is -2.59. The lowest BCUT2D eigenvalue weighted by atomic mass is 9.45. The van der Waals surface area contributed by atoms with Crippen molar-refractivity contribution in [3.05, 3.63) is 58.7 Å². The molecule has 1 aromatic rings. The normalized spacial score (nSPS) is 37.5. The van der Waals surface area contributed by atoms with Gasteiger partial charge in [-0.2, -0.15) is 0 Å². The van der Waals surface area contributed by atoms with Crippen molar-refractivity contribution in [1.82, 2.24) is 0 Å². The number of hydrogen-bond acceptors (Lipinski definition) is 3. The van der Waals surface area contributed by atoms with Crippen LogP contribution >= 0.6 is 0 Å². The van der Waals surface area contributed by atoms with Crippen molar-refractivity contribution >= 4 is 0 Å². The van der Waals surface area contributed by atoms with Crippen LogP contribution in [0.5, 0.6) is 11.5 Å². The van der Waals surface area contributed by atoms with E-state index in [1.807, 2.05) is 13.0 Å². The van der Waals surface area contributed by atoms with Gasteiger partial charge in [-0.3, -0.25) is 0 Å². The highest BCUT2D eigenvalue weighted by molar-refractivity contribution is 5.51. The van der Waals surface area contributed by atoms with Crippen molar-refractivity contribution in [3.8, 4) is 23.3 Å². The van der Waals surface area contributed by atoms with Crippen LogP contribution in [-0.4, -0.2) is 20.9 Å². The first kappa shape index (κ1) is 22.4. The molecule has 174 valence electrons. The average Bonchev–Trinajstić information content (AvgIpc) is 3.02. The Morgan fingerprint density at radius 2 is 1.88 bits per heavy atom. The van der Waals surface area contributed by atoms with Gasteiger partial charge < -0.3 is 15.3 Å². The maximum atomic E-state index is 11.8. The molecule has 2 saturated carbocycles. The van der Waals surface area contributed by atoms with Gasteiger partial charge in [0.25, 0.3) is 0 Å². The second-order valence-corrected chi connectivity index (χ2v) is 11.3. The topological polar surface area (TPSA) is 60.7 Å². The molecule has 0 heterocycles. The molecule has 4 aliphatic rings. The number of hydrogen-bond donors (Lipinski definition) is 3. The highest BCUT2D eigenvalue weighted by Crippen LogP contribution is 2.70. The molecule has 0 aromatic heterocycles. The summed E-state index contributed by atoms with van der Waals surface area (Å²) in [7, 11) is 0. The highest BCUT2D eigenvalue weighted by Gasteiger charge is 2.66. The molecule has 5 unspecified atom stereocenters. The number of allylic oxidation sites excluding steroid dienone is 5. The fourth-order valence-electron chi connectivity index (χ4n) is 8.09. The number of fused-ring (bicyclic) bond motifs is 4. The molecule has 4 aliphatic carbocycles. The van der Waals surface area contributed by atoms with E-state index in [2.05, 4.69) is 38.3 Å². The summed E-state index contributed by atoms with van der Waals surface area (Å²) in [5, 5.41) is 31.8. The number of phenolic OH excluding ortho intramolecular Hbond substituents is 2. The Labute approximate surface area is 197 Å². The third-order valence-electron chi connectivity index (χ3n) is 9.53. The molecule has 0 bridgehead atoms. The van der Waals surface area contributed by atoms with Gasteiger partial charge in [-0.05, 0) is 104 Å². The lowest BCUT2D eigenvalue weighted by molar-refractivity contribution is -0.0809. The molecular weight excluding hydrogens is 408 g/mol. The van der Waals surface area contributed by atoms with E-state index in [-0.39, 0.29) is 28.2 Å². The number of aliphatic hydroxyl groups is 1. The van der Waals surface area contributed by atoms with Crippen LogP contribution in [0.1, 0.15) is 71.3 Å². The van der Waals surface area contributed by atoms with Crippen LogP contribution < -0.4 is 0 Å². The van der Waals surface area contributed by atoms with Crippen molar-refractivity contribution in [2.24, 2.45) is 22.7 Å². The summed E-state index contributed by atoms with van der Waals surface area (Å²) in [5.41, 5.74) is 5.61. The fourth-order valence-corrected chi connectivity index (χ4v) is 8.09. The molecular formula is C30H36O3. The van der Waals surface area contributed by atoms with Crippen LogP contribution in [0.15, 0.2) is 53.1 Å². The summed E-state index contributed by atoms with van der Waals surface area (Å²) in [4.78, 5) is 0. The Kier molecular flexibility index (Phi) is 5.11. The van der Waals surface area contributed by atoms with Crippen molar-refractivity contribution in [3.63, 3.8) is 0 Å². The number of benzene rings is 1. The summed E-state index contributed by atoms with van der Waals surface area (Å²) >= 11 is 0. The van der Waals surface area contributed by atoms with Gasteiger partial charge in [0.15, 0.2) is 11.5 Å². The third kappa shape index (κ3) is 3.22. The second kappa shape index (κ2) is 7.54. The van der Waals surface area contributed by atoms with Gasteiger partial charge >= 0.3 is 0 Å². The van der Waals surface area contributed by atoms with Crippen LogP contribution in [-0.2, 0) is 6.42 Å². The SMILES string of the molecule is C=C1C=C2CCC3(C)C(=C2CC1)C(Cc1ccc(O)c(O)c1)CC1(C)C3CCC1(O)C#CC. The van der Waals surface area contributed by atoms with Gasteiger partial charge in [-0.15, -0.1) is 5.92 Å². The lowest BCUT2D eigenvalue weighted by Crippen LogP contribution is -2.55. The maximum Gasteiger partial charge on any atom is 0.157 e. The van der Waals surface area contributed by atoms with Gasteiger partial charge in [0, 0.05) is 5.41 Å². The van der Waals surface area contributed by atoms with E-state index in [1.54, 1.807) is 17.7 Å². The zero-order valence-electron chi connectivity index (χ0n) is 20.2. The number of aromatic hydroxyl groups is 2. The number of rotatable bonds is 2. The van der Waals surface area contributed by atoms with E-state index < -0.39 is 5.60 Å². The first-order chi connectivity index (χ1) is 15.6. The second-order valence-electron chi connectivity index (χ2n) is 11.3. The van der Waals surface area contributed by atoms with Gasteiger partial charge in [0.1, 0.15) is 5.60 Å². The van der Waals surface area contributed by atoms with E-state index in [9.17, 15) is 15.3 Å². The minimum atomic E-state index is -0.960. The van der Waals surface area contributed by atoms with Gasteiger partial charge in [-0.1, -0.05) is 49.6 Å². The molecule has 5 rings (SSSR count). The summed E-state index contributed by atoms with van der Waals surface area (Å²) in [6, 6.07) is 5.20. The maximum absolute atomic E-state index is 11.8. The first-order valence-electron chi connectivity index (χ1n) is 12.4. The van der Waals surface area contributed by atoms with Crippen LogP contribution in [0.25, 0.3) is 0 Å². The molecule has 0 spiro atoms. The Morgan fingerprint density at radius 1 is 1.09 bits per heavy atom. The summed E-state index contributed by atoms with van der Waals surface area (Å²) in [6.07, 6.45) is 9.96. The molecule has 5 atom stereocenters. The van der Waals surface area contributed by atoms with Crippen LogP contribution in [0, 0.1) is 34.5 Å². The Bertz CT molecular complexity index is 1140. The van der Waals surface area contributed by atoms with E-state index in [0.717, 1.165) is 56.9 Å². The summed E-state index contributed by atoms with van der Waals surface area (Å²) in [6.45, 7) is 10.8. The molecule has 3 nitrogen and oxygen atoms in total. The minimum absolute atomic E-state index is 0.0296. The van der Waals surface area contributed by atoms with Gasteiger partial charge in [0.05, 0.1) is 0 Å². The molecule has 2 fully saturated rings. The van der Waals surface area contributed by atoms with Gasteiger partial charge in [-0.25, -0.2) is 0 Å². The largest absolute Gasteiger partial charge is 0.504 e. The molecule has 0 aliphatic heterocycles. The van der Waals surface area contributed by atoms with Crippen molar-refractivity contribution in [2.75, 3.05) is 0 Å². The monoisotopic (exact) mass is 444 g/mol. The fraction of sp³-hybridized carbons (Fsp3) is 0.533. The smallest absolute Gasteiger partial charge is 0.157 e. The zero-order valence-corrected chi connectivity index (χ0v) is 20.2. The van der Waals surface area contributed by atoms with Crippen molar-refractivity contribution in [1.29, 1.82) is 0 Å². The van der Waals surface area contributed by atoms with Crippen LogP contribution in [0.3, 0.4) is 0 Å². The van der Waals surface area contributed by atoms with E-state index in [4.69, 9.17) is 0 Å². The molecule has 3 heteroatoms. The average molecular weight is 445 g/mol. The standard InChI is InChI=1S/C30H36O3/c1-5-12-30(33)14-11-26-28(3)13-10-21-15-19(2)6-8-23(21)27(28)22(18-29(26,30)4)16-20-7-9-24(31)25(32)17-20/h7,9,15,17,22,26,31-33H,2,6,8,10-11,13-14,16,18H2,1,3-4H3. The van der Waals surface area contributed by atoms with E-state index in [1.165, 1.54) is 16.7 Å². The summed E-state index contributed by atoms with van der Waals surface area (Å²) < 4.78 is 0. The minimum Gasteiger partial charge on any atom is -0.504 e.